The van der Waals surface area contributed by atoms with Gasteiger partial charge in [0.05, 0.1) is 12.2 Å². The average molecular weight is 437 g/mol. The average Bonchev–Trinajstić information content (AvgIpc) is 3.21. The van der Waals surface area contributed by atoms with Crippen molar-refractivity contribution in [2.45, 2.75) is 104 Å². The van der Waals surface area contributed by atoms with Crippen LogP contribution in [0.1, 0.15) is 80.1 Å². The Bertz CT molecular complexity index is 791. The molecular formula is C24H36O7. The summed E-state index contributed by atoms with van der Waals surface area (Å²) in [4.78, 5) is 36.9. The molecule has 0 aromatic rings. The highest BCUT2D eigenvalue weighted by atomic mass is 16.7. The zero-order valence-corrected chi connectivity index (χ0v) is 19.6. The summed E-state index contributed by atoms with van der Waals surface area (Å²) >= 11 is 0. The third-order valence-corrected chi connectivity index (χ3v) is 8.84. The van der Waals surface area contributed by atoms with Crippen molar-refractivity contribution in [3.8, 4) is 0 Å². The number of rotatable bonds is 2. The summed E-state index contributed by atoms with van der Waals surface area (Å²) in [7, 11) is 0. The molecule has 4 rings (SSSR count). The lowest BCUT2D eigenvalue weighted by Gasteiger charge is -2.64. The number of Topliss-reactive ketones (excluding diaryl/α,β-unsaturated/α-hetero) is 1. The lowest BCUT2D eigenvalue weighted by molar-refractivity contribution is -0.277. The molecule has 0 N–H and O–H groups in total. The molecule has 174 valence electrons. The van der Waals surface area contributed by atoms with Gasteiger partial charge < -0.3 is 18.9 Å². The van der Waals surface area contributed by atoms with Crippen LogP contribution in [0.3, 0.4) is 0 Å². The number of carbonyl (C=O) groups excluding carboxylic acids is 3. The van der Waals surface area contributed by atoms with Gasteiger partial charge in [0.25, 0.3) is 0 Å². The van der Waals surface area contributed by atoms with E-state index >= 15 is 0 Å². The second-order valence-electron chi connectivity index (χ2n) is 11.0. The van der Waals surface area contributed by atoms with Gasteiger partial charge in [0.15, 0.2) is 0 Å². The maximum absolute atomic E-state index is 13.5. The summed E-state index contributed by atoms with van der Waals surface area (Å²) in [5, 5.41) is 0. The first-order valence-corrected chi connectivity index (χ1v) is 11.6. The van der Waals surface area contributed by atoms with Crippen LogP contribution in [0.4, 0.5) is 0 Å². The summed E-state index contributed by atoms with van der Waals surface area (Å²) in [5.74, 6) is -0.698. The van der Waals surface area contributed by atoms with Crippen molar-refractivity contribution < 1.29 is 33.3 Å². The highest BCUT2D eigenvalue weighted by Gasteiger charge is 2.72. The molecule has 0 bridgehead atoms. The summed E-state index contributed by atoms with van der Waals surface area (Å²) < 4.78 is 24.0. The van der Waals surface area contributed by atoms with E-state index in [9.17, 15) is 14.4 Å². The molecule has 0 aromatic carbocycles. The Kier molecular flexibility index (Phi) is 5.33. The van der Waals surface area contributed by atoms with Gasteiger partial charge in [-0.3, -0.25) is 14.4 Å². The van der Waals surface area contributed by atoms with E-state index in [0.717, 1.165) is 19.3 Å². The number of hydrogen-bond acceptors (Lipinski definition) is 7. The highest BCUT2D eigenvalue weighted by molar-refractivity contribution is 5.85. The molecule has 2 saturated heterocycles. The molecule has 31 heavy (non-hydrogen) atoms. The van der Waals surface area contributed by atoms with E-state index in [1.165, 1.54) is 13.8 Å². The topological polar surface area (TPSA) is 88.1 Å². The SMILES string of the molecule is CC(=O)O[C@@H]1OCC[C@@]12CC[C@@]1(O2)[C@H](C)CC(=O)[C@H]2C(C)(C)[C@@H](OC(C)=O)CC[C@@]21C. The predicted octanol–water partition coefficient (Wildman–Crippen LogP) is 3.57. The number of carbonyl (C=O) groups is 3. The molecule has 4 fully saturated rings. The van der Waals surface area contributed by atoms with Crippen LogP contribution < -0.4 is 0 Å². The Morgan fingerprint density at radius 1 is 1.00 bits per heavy atom. The molecule has 2 heterocycles. The van der Waals surface area contributed by atoms with Crippen LogP contribution >= 0.6 is 0 Å². The van der Waals surface area contributed by atoms with E-state index in [0.29, 0.717) is 25.9 Å². The molecule has 2 saturated carbocycles. The number of ether oxygens (including phenoxy) is 4. The fraction of sp³-hybridized carbons (Fsp3) is 0.875. The van der Waals surface area contributed by atoms with Crippen molar-refractivity contribution in [3.63, 3.8) is 0 Å². The largest absolute Gasteiger partial charge is 0.462 e. The fourth-order valence-corrected chi connectivity index (χ4v) is 7.59. The summed E-state index contributed by atoms with van der Waals surface area (Å²) in [6, 6.07) is 0. The number of fused-ring (bicyclic) bond motifs is 2. The Labute approximate surface area is 184 Å². The molecule has 0 unspecified atom stereocenters. The molecule has 7 nitrogen and oxygen atoms in total. The molecule has 7 heteroatoms. The van der Waals surface area contributed by atoms with Crippen molar-refractivity contribution in [1.82, 2.24) is 0 Å². The van der Waals surface area contributed by atoms with Gasteiger partial charge in [-0.05, 0) is 31.6 Å². The van der Waals surface area contributed by atoms with Gasteiger partial charge in [-0.15, -0.1) is 0 Å². The first-order chi connectivity index (χ1) is 14.4. The van der Waals surface area contributed by atoms with Gasteiger partial charge in [0, 0.05) is 43.4 Å². The smallest absolute Gasteiger partial charge is 0.305 e. The number of esters is 2. The standard InChI is InChI=1S/C24H36O7/c1-14-13-17(27)19-21(4,5)18(29-15(2)25)7-8-22(19,6)24(14)10-9-23(31-24)11-12-28-20(23)30-16(3)26/h14,18-20H,7-13H2,1-6H3/t14-,18+,19+,20+,22+,23+,24-/m1/s1. The molecule has 0 aromatic heterocycles. The minimum absolute atomic E-state index is 0.0419. The normalized spacial score (nSPS) is 46.2. The van der Waals surface area contributed by atoms with Gasteiger partial charge in [-0.2, -0.15) is 0 Å². The van der Waals surface area contributed by atoms with E-state index in [-0.39, 0.29) is 35.7 Å². The number of ketones is 1. The first kappa shape index (κ1) is 22.7. The van der Waals surface area contributed by atoms with Crippen molar-refractivity contribution in [3.05, 3.63) is 0 Å². The predicted molar refractivity (Wildman–Crippen MR) is 111 cm³/mol. The monoisotopic (exact) mass is 436 g/mol. The van der Waals surface area contributed by atoms with Gasteiger partial charge >= 0.3 is 11.9 Å². The van der Waals surface area contributed by atoms with E-state index in [1.807, 2.05) is 0 Å². The number of hydrogen-bond donors (Lipinski definition) is 0. The van der Waals surface area contributed by atoms with E-state index in [2.05, 4.69) is 27.7 Å². The summed E-state index contributed by atoms with van der Waals surface area (Å²) in [6.07, 6.45) is 3.08. The van der Waals surface area contributed by atoms with Crippen LogP contribution in [0.25, 0.3) is 0 Å². The first-order valence-electron chi connectivity index (χ1n) is 11.6. The second-order valence-corrected chi connectivity index (χ2v) is 11.0. The van der Waals surface area contributed by atoms with Crippen LogP contribution in [0.5, 0.6) is 0 Å². The van der Waals surface area contributed by atoms with Crippen molar-refractivity contribution in [2.24, 2.45) is 22.7 Å². The molecule has 0 radical (unpaired) electrons. The van der Waals surface area contributed by atoms with E-state index in [4.69, 9.17) is 18.9 Å². The molecule has 2 spiro atoms. The van der Waals surface area contributed by atoms with Gasteiger partial charge in [0.2, 0.25) is 6.29 Å². The third-order valence-electron chi connectivity index (χ3n) is 8.84. The van der Waals surface area contributed by atoms with Gasteiger partial charge in [-0.25, -0.2) is 0 Å². The molecule has 4 aliphatic rings. The van der Waals surface area contributed by atoms with Crippen LogP contribution in [-0.4, -0.2) is 47.9 Å². The van der Waals surface area contributed by atoms with Crippen LogP contribution in [-0.2, 0) is 33.3 Å². The van der Waals surface area contributed by atoms with Crippen molar-refractivity contribution in [1.29, 1.82) is 0 Å². The van der Waals surface area contributed by atoms with E-state index < -0.39 is 28.3 Å². The molecule has 2 aliphatic heterocycles. The van der Waals surface area contributed by atoms with Crippen LogP contribution in [0, 0.1) is 22.7 Å². The fourth-order valence-electron chi connectivity index (χ4n) is 7.59. The lowest BCUT2D eigenvalue weighted by atomic mass is 9.43. The Morgan fingerprint density at radius 2 is 1.68 bits per heavy atom. The van der Waals surface area contributed by atoms with Gasteiger partial charge in [0.1, 0.15) is 17.5 Å². The quantitative estimate of drug-likeness (QED) is 0.612. The lowest BCUT2D eigenvalue weighted by Crippen LogP contribution is -2.68. The maximum Gasteiger partial charge on any atom is 0.305 e. The summed E-state index contributed by atoms with van der Waals surface area (Å²) in [6.45, 7) is 11.7. The minimum Gasteiger partial charge on any atom is -0.462 e. The minimum atomic E-state index is -0.707. The van der Waals surface area contributed by atoms with Crippen LogP contribution in [0.2, 0.25) is 0 Å². The molecular weight excluding hydrogens is 400 g/mol. The Hall–Kier alpha value is -1.47. The van der Waals surface area contributed by atoms with Crippen LogP contribution in [0.15, 0.2) is 0 Å². The molecule has 7 atom stereocenters. The highest BCUT2D eigenvalue weighted by Crippen LogP contribution is 2.68. The third kappa shape index (κ3) is 3.17. The van der Waals surface area contributed by atoms with Gasteiger partial charge in [-0.1, -0.05) is 27.7 Å². The maximum atomic E-state index is 13.5. The zero-order chi connectivity index (χ0) is 22.8. The molecule has 0 amide bonds. The second kappa shape index (κ2) is 7.27. The summed E-state index contributed by atoms with van der Waals surface area (Å²) in [5.41, 5.74) is -2.08. The van der Waals surface area contributed by atoms with E-state index in [1.54, 1.807) is 0 Å². The van der Waals surface area contributed by atoms with Crippen molar-refractivity contribution in [2.75, 3.05) is 6.61 Å². The van der Waals surface area contributed by atoms with Crippen molar-refractivity contribution >= 4 is 17.7 Å². The zero-order valence-electron chi connectivity index (χ0n) is 19.6. The Morgan fingerprint density at radius 3 is 2.32 bits per heavy atom. The molecule has 2 aliphatic carbocycles. The Balaban J connectivity index is 1.72.